The quantitative estimate of drug-likeness (QED) is 0.905. The molecule has 0 amide bonds. The second-order valence-electron chi connectivity index (χ2n) is 4.44. The Morgan fingerprint density at radius 3 is 2.40 bits per heavy atom. The van der Waals surface area contributed by atoms with Gasteiger partial charge in [-0.15, -0.1) is 0 Å². The standard InChI is InChI=1S/C12H16F3NO3S/c1-9-3-4-11(7-10(9)8-17)20(18,19)16(2)6-5-12(13,14)15/h3-4,7,17H,5-6,8H2,1-2H3. The van der Waals surface area contributed by atoms with Crippen LogP contribution in [0.5, 0.6) is 0 Å². The second-order valence-corrected chi connectivity index (χ2v) is 6.48. The number of rotatable bonds is 5. The van der Waals surface area contributed by atoms with E-state index in [2.05, 4.69) is 0 Å². The maximum absolute atomic E-state index is 12.1. The Bertz CT molecular complexity index is 570. The number of aliphatic hydroxyl groups is 1. The number of halogens is 3. The minimum Gasteiger partial charge on any atom is -0.392 e. The molecule has 0 aliphatic carbocycles. The van der Waals surface area contributed by atoms with Gasteiger partial charge in [-0.1, -0.05) is 6.07 Å². The third-order valence-electron chi connectivity index (χ3n) is 2.91. The zero-order valence-electron chi connectivity index (χ0n) is 11.1. The Kier molecular flexibility index (Phi) is 5.17. The summed E-state index contributed by atoms with van der Waals surface area (Å²) in [5, 5.41) is 9.10. The largest absolute Gasteiger partial charge is 0.392 e. The molecule has 0 atom stereocenters. The molecule has 8 heteroatoms. The van der Waals surface area contributed by atoms with Crippen molar-refractivity contribution in [1.29, 1.82) is 0 Å². The van der Waals surface area contributed by atoms with Crippen molar-refractivity contribution in [1.82, 2.24) is 4.31 Å². The zero-order chi connectivity index (χ0) is 15.6. The van der Waals surface area contributed by atoms with E-state index in [9.17, 15) is 21.6 Å². The molecule has 114 valence electrons. The van der Waals surface area contributed by atoms with Crippen LogP contribution in [0, 0.1) is 6.92 Å². The fraction of sp³-hybridized carbons (Fsp3) is 0.500. The highest BCUT2D eigenvalue weighted by molar-refractivity contribution is 7.89. The van der Waals surface area contributed by atoms with Crippen LogP contribution in [0.2, 0.25) is 0 Å². The van der Waals surface area contributed by atoms with Gasteiger partial charge in [-0.05, 0) is 30.2 Å². The lowest BCUT2D eigenvalue weighted by atomic mass is 10.1. The number of nitrogens with zero attached hydrogens (tertiary/aromatic N) is 1. The van der Waals surface area contributed by atoms with Crippen LogP contribution in [0.4, 0.5) is 13.2 Å². The summed E-state index contributed by atoms with van der Waals surface area (Å²) in [6.07, 6.45) is -5.62. The molecule has 0 fully saturated rings. The Morgan fingerprint density at radius 1 is 1.30 bits per heavy atom. The van der Waals surface area contributed by atoms with Crippen molar-refractivity contribution in [2.45, 2.75) is 31.0 Å². The molecule has 0 bridgehead atoms. The first-order chi connectivity index (χ1) is 9.08. The SMILES string of the molecule is Cc1ccc(S(=O)(=O)N(C)CCC(F)(F)F)cc1CO. The summed E-state index contributed by atoms with van der Waals surface area (Å²) in [4.78, 5) is -0.128. The predicted octanol–water partition coefficient (Wildman–Crippen LogP) is 2.06. The summed E-state index contributed by atoms with van der Waals surface area (Å²) in [5.41, 5.74) is 1.14. The fourth-order valence-corrected chi connectivity index (χ4v) is 2.79. The van der Waals surface area contributed by atoms with Gasteiger partial charge in [0, 0.05) is 13.6 Å². The average Bonchev–Trinajstić information content (AvgIpc) is 2.35. The molecule has 0 aromatic heterocycles. The van der Waals surface area contributed by atoms with Crippen LogP contribution in [0.15, 0.2) is 23.1 Å². The molecular weight excluding hydrogens is 295 g/mol. The highest BCUT2D eigenvalue weighted by Crippen LogP contribution is 2.23. The number of benzene rings is 1. The summed E-state index contributed by atoms with van der Waals surface area (Å²) in [7, 11) is -2.89. The number of hydrogen-bond acceptors (Lipinski definition) is 3. The van der Waals surface area contributed by atoms with Crippen molar-refractivity contribution in [2.24, 2.45) is 0 Å². The molecule has 1 rings (SSSR count). The third kappa shape index (κ3) is 4.19. The van der Waals surface area contributed by atoms with E-state index in [1.54, 1.807) is 6.92 Å². The molecule has 0 aliphatic heterocycles. The van der Waals surface area contributed by atoms with Crippen molar-refractivity contribution in [3.63, 3.8) is 0 Å². The van der Waals surface area contributed by atoms with Gasteiger partial charge in [-0.25, -0.2) is 12.7 Å². The zero-order valence-corrected chi connectivity index (χ0v) is 11.9. The van der Waals surface area contributed by atoms with Gasteiger partial charge >= 0.3 is 6.18 Å². The molecule has 0 unspecified atom stereocenters. The first kappa shape index (κ1) is 16.9. The van der Waals surface area contributed by atoms with E-state index >= 15 is 0 Å². The first-order valence-corrected chi connectivity index (χ1v) is 7.25. The van der Waals surface area contributed by atoms with Gasteiger partial charge in [0.25, 0.3) is 0 Å². The molecule has 0 saturated carbocycles. The molecular formula is C12H16F3NO3S. The van der Waals surface area contributed by atoms with E-state index in [4.69, 9.17) is 5.11 Å². The molecule has 0 saturated heterocycles. The molecule has 0 spiro atoms. The fourth-order valence-electron chi connectivity index (χ4n) is 1.56. The molecule has 1 aromatic carbocycles. The van der Waals surface area contributed by atoms with Crippen LogP contribution < -0.4 is 0 Å². The summed E-state index contributed by atoms with van der Waals surface area (Å²) in [5.74, 6) is 0. The van der Waals surface area contributed by atoms with Crippen molar-refractivity contribution in [2.75, 3.05) is 13.6 Å². The summed E-state index contributed by atoms with van der Waals surface area (Å²) < 4.78 is 61.2. The van der Waals surface area contributed by atoms with E-state index in [1.807, 2.05) is 0 Å². The van der Waals surface area contributed by atoms with Gasteiger partial charge in [0.1, 0.15) is 0 Å². The molecule has 1 N–H and O–H groups in total. The van der Waals surface area contributed by atoms with Gasteiger partial charge in [0.15, 0.2) is 0 Å². The van der Waals surface area contributed by atoms with E-state index in [-0.39, 0.29) is 11.5 Å². The van der Waals surface area contributed by atoms with E-state index in [0.717, 1.165) is 7.05 Å². The highest BCUT2D eigenvalue weighted by atomic mass is 32.2. The van der Waals surface area contributed by atoms with Gasteiger partial charge in [0.2, 0.25) is 10.0 Å². The Labute approximate surface area is 115 Å². The minimum atomic E-state index is -4.41. The van der Waals surface area contributed by atoms with E-state index in [1.165, 1.54) is 18.2 Å². The Morgan fingerprint density at radius 2 is 1.90 bits per heavy atom. The lowest BCUT2D eigenvalue weighted by Gasteiger charge is -2.18. The van der Waals surface area contributed by atoms with Gasteiger partial charge in [0.05, 0.1) is 17.9 Å². The third-order valence-corrected chi connectivity index (χ3v) is 4.76. The Hall–Kier alpha value is -1.12. The lowest BCUT2D eigenvalue weighted by molar-refractivity contribution is -0.135. The number of alkyl halides is 3. The van der Waals surface area contributed by atoms with Crippen LogP contribution in [0.25, 0.3) is 0 Å². The second kappa shape index (κ2) is 6.11. The number of hydrogen-bond donors (Lipinski definition) is 1. The molecule has 0 aliphatic rings. The lowest BCUT2D eigenvalue weighted by Crippen LogP contribution is -2.30. The van der Waals surface area contributed by atoms with Crippen LogP contribution in [0.3, 0.4) is 0 Å². The highest BCUT2D eigenvalue weighted by Gasteiger charge is 2.30. The van der Waals surface area contributed by atoms with Gasteiger partial charge < -0.3 is 5.11 Å². The normalized spacial score (nSPS) is 12.9. The molecule has 1 aromatic rings. The Balaban J connectivity index is 2.98. The van der Waals surface area contributed by atoms with Crippen molar-refractivity contribution >= 4 is 10.0 Å². The molecule has 4 nitrogen and oxygen atoms in total. The van der Waals surface area contributed by atoms with Crippen LogP contribution in [-0.2, 0) is 16.6 Å². The summed E-state index contributed by atoms with van der Waals surface area (Å²) >= 11 is 0. The average molecular weight is 311 g/mol. The number of sulfonamides is 1. The van der Waals surface area contributed by atoms with Crippen LogP contribution >= 0.6 is 0 Å². The van der Waals surface area contributed by atoms with E-state index < -0.39 is 29.2 Å². The monoisotopic (exact) mass is 311 g/mol. The maximum Gasteiger partial charge on any atom is 0.390 e. The summed E-state index contributed by atoms with van der Waals surface area (Å²) in [6.45, 7) is 0.727. The number of aliphatic hydroxyl groups excluding tert-OH is 1. The molecule has 0 heterocycles. The van der Waals surface area contributed by atoms with Crippen LogP contribution in [0.1, 0.15) is 17.5 Å². The van der Waals surface area contributed by atoms with E-state index in [0.29, 0.717) is 15.4 Å². The van der Waals surface area contributed by atoms with Gasteiger partial charge in [-0.3, -0.25) is 0 Å². The van der Waals surface area contributed by atoms with Crippen molar-refractivity contribution in [3.05, 3.63) is 29.3 Å². The minimum absolute atomic E-state index is 0.128. The van der Waals surface area contributed by atoms with Crippen LogP contribution in [-0.4, -0.2) is 37.6 Å². The summed E-state index contributed by atoms with van der Waals surface area (Å²) in [6, 6.07) is 4.10. The van der Waals surface area contributed by atoms with Crippen molar-refractivity contribution in [3.8, 4) is 0 Å². The molecule has 0 radical (unpaired) electrons. The first-order valence-electron chi connectivity index (χ1n) is 5.81. The maximum atomic E-state index is 12.1. The number of aryl methyl sites for hydroxylation is 1. The predicted molar refractivity (Wildman–Crippen MR) is 67.6 cm³/mol. The topological polar surface area (TPSA) is 57.6 Å². The smallest absolute Gasteiger partial charge is 0.390 e. The van der Waals surface area contributed by atoms with Gasteiger partial charge in [-0.2, -0.15) is 13.2 Å². The molecule has 20 heavy (non-hydrogen) atoms. The van der Waals surface area contributed by atoms with Crippen molar-refractivity contribution < 1.29 is 26.7 Å².